The molecule has 6 nitrogen and oxygen atoms in total. The van der Waals surface area contributed by atoms with Crippen molar-refractivity contribution in [2.45, 2.75) is 23.6 Å². The molecule has 27 heavy (non-hydrogen) atoms. The van der Waals surface area contributed by atoms with Crippen LogP contribution >= 0.6 is 11.8 Å². The Morgan fingerprint density at radius 2 is 1.85 bits per heavy atom. The van der Waals surface area contributed by atoms with Gasteiger partial charge in [-0.1, -0.05) is 13.0 Å². The van der Waals surface area contributed by atoms with Gasteiger partial charge in [-0.15, -0.1) is 11.8 Å². The summed E-state index contributed by atoms with van der Waals surface area (Å²) in [6.45, 7) is 4.00. The summed E-state index contributed by atoms with van der Waals surface area (Å²) in [6.07, 6.45) is 1.95. The van der Waals surface area contributed by atoms with Crippen LogP contribution in [0.25, 0.3) is 0 Å². The lowest BCUT2D eigenvalue weighted by Crippen LogP contribution is -2.37. The Morgan fingerprint density at radius 3 is 2.44 bits per heavy atom. The van der Waals surface area contributed by atoms with Crippen molar-refractivity contribution in [3.05, 3.63) is 48.5 Å². The highest BCUT2D eigenvalue weighted by Gasteiger charge is 2.25. The Balaban J connectivity index is 2.10. The van der Waals surface area contributed by atoms with Crippen molar-refractivity contribution in [1.82, 2.24) is 4.31 Å². The molecule has 0 heterocycles. The summed E-state index contributed by atoms with van der Waals surface area (Å²) in [5, 5.41) is 2.75. The molecule has 0 aromatic heterocycles. The Hall–Kier alpha value is -2.03. The summed E-state index contributed by atoms with van der Waals surface area (Å²) >= 11 is 1.57. The van der Waals surface area contributed by atoms with Crippen molar-refractivity contribution >= 4 is 33.4 Å². The fourth-order valence-corrected chi connectivity index (χ4v) is 4.32. The van der Waals surface area contributed by atoms with E-state index in [4.69, 9.17) is 4.74 Å². The highest BCUT2D eigenvalue weighted by Crippen LogP contribution is 2.21. The van der Waals surface area contributed by atoms with Gasteiger partial charge in [0.15, 0.2) is 0 Å². The van der Waals surface area contributed by atoms with Gasteiger partial charge in [-0.2, -0.15) is 4.31 Å². The topological polar surface area (TPSA) is 75.7 Å². The Morgan fingerprint density at radius 1 is 1.15 bits per heavy atom. The van der Waals surface area contributed by atoms with Gasteiger partial charge in [0.05, 0.1) is 18.0 Å². The molecule has 1 amide bonds. The second kappa shape index (κ2) is 9.77. The highest BCUT2D eigenvalue weighted by molar-refractivity contribution is 7.98. The number of hydrogen-bond donors (Lipinski definition) is 1. The number of nitrogens with one attached hydrogen (secondary N) is 1. The van der Waals surface area contributed by atoms with Gasteiger partial charge in [-0.3, -0.25) is 4.79 Å². The molecule has 0 atom stereocenters. The second-order valence-electron chi connectivity index (χ2n) is 5.62. The maximum absolute atomic E-state index is 12.8. The van der Waals surface area contributed by atoms with Crippen LogP contribution in [0.4, 0.5) is 5.69 Å². The number of thioether (sulfide) groups is 1. The van der Waals surface area contributed by atoms with Crippen molar-refractivity contribution in [1.29, 1.82) is 0 Å². The van der Waals surface area contributed by atoms with Crippen LogP contribution in [0.1, 0.15) is 13.8 Å². The average molecular weight is 409 g/mol. The molecule has 2 aromatic rings. The van der Waals surface area contributed by atoms with Crippen LogP contribution in [0.2, 0.25) is 0 Å². The fourth-order valence-electron chi connectivity index (χ4n) is 2.45. The van der Waals surface area contributed by atoms with Crippen LogP contribution in [-0.4, -0.2) is 44.6 Å². The summed E-state index contributed by atoms with van der Waals surface area (Å²) < 4.78 is 32.1. The molecule has 0 saturated carbocycles. The number of ether oxygens (including phenoxy) is 1. The molecule has 0 saturated heterocycles. The first-order valence-electron chi connectivity index (χ1n) is 8.57. The molecule has 0 radical (unpaired) electrons. The first-order chi connectivity index (χ1) is 12.9. The normalized spacial score (nSPS) is 11.4. The zero-order chi connectivity index (χ0) is 19.9. The fraction of sp³-hybridized carbons (Fsp3) is 0.316. The number of hydrogen-bond acceptors (Lipinski definition) is 5. The zero-order valence-corrected chi connectivity index (χ0v) is 17.3. The molecule has 0 unspecified atom stereocenters. The standard InChI is InChI=1S/C19H24N2O4S2/c1-4-21(14-19(22)20-15-7-6-8-17(13-15)26-3)27(23,24)18-11-9-16(10-12-18)25-5-2/h6-13H,4-5,14H2,1-3H3,(H,20,22). The van der Waals surface area contributed by atoms with E-state index in [1.54, 1.807) is 36.9 Å². The Bertz CT molecular complexity index is 868. The van der Waals surface area contributed by atoms with Crippen LogP contribution in [0.15, 0.2) is 58.3 Å². The molecule has 0 spiro atoms. The van der Waals surface area contributed by atoms with Crippen molar-refractivity contribution in [2.75, 3.05) is 31.3 Å². The minimum atomic E-state index is -3.77. The van der Waals surface area contributed by atoms with E-state index in [0.29, 0.717) is 18.0 Å². The molecule has 2 rings (SSSR count). The average Bonchev–Trinajstić information content (AvgIpc) is 2.66. The molecule has 0 bridgehead atoms. The summed E-state index contributed by atoms with van der Waals surface area (Å²) in [7, 11) is -3.77. The summed E-state index contributed by atoms with van der Waals surface area (Å²) in [5.41, 5.74) is 0.640. The quantitative estimate of drug-likeness (QED) is 0.643. The molecule has 0 aliphatic carbocycles. The van der Waals surface area contributed by atoms with Gasteiger partial charge in [0, 0.05) is 17.1 Å². The van der Waals surface area contributed by atoms with Crippen molar-refractivity contribution < 1.29 is 17.9 Å². The van der Waals surface area contributed by atoms with Crippen LogP contribution < -0.4 is 10.1 Å². The lowest BCUT2D eigenvalue weighted by Gasteiger charge is -2.20. The van der Waals surface area contributed by atoms with Gasteiger partial charge in [0.25, 0.3) is 0 Å². The number of rotatable bonds is 9. The van der Waals surface area contributed by atoms with E-state index in [1.165, 1.54) is 12.1 Å². The van der Waals surface area contributed by atoms with Gasteiger partial charge >= 0.3 is 0 Å². The third kappa shape index (κ3) is 5.72. The summed E-state index contributed by atoms with van der Waals surface area (Å²) in [6, 6.07) is 13.6. The number of amides is 1. The molecule has 1 N–H and O–H groups in total. The monoisotopic (exact) mass is 408 g/mol. The first-order valence-corrected chi connectivity index (χ1v) is 11.2. The molecule has 0 fully saturated rings. The van der Waals surface area contributed by atoms with Gasteiger partial charge < -0.3 is 10.1 Å². The molecule has 8 heteroatoms. The van der Waals surface area contributed by atoms with Crippen LogP contribution in [-0.2, 0) is 14.8 Å². The number of likely N-dealkylation sites (N-methyl/N-ethyl adjacent to an activating group) is 1. The summed E-state index contributed by atoms with van der Waals surface area (Å²) in [5.74, 6) is 0.218. The second-order valence-corrected chi connectivity index (χ2v) is 8.43. The van der Waals surface area contributed by atoms with Gasteiger partial charge in [0.2, 0.25) is 15.9 Å². The number of carbonyl (C=O) groups is 1. The first kappa shape index (κ1) is 21.3. The van der Waals surface area contributed by atoms with Crippen LogP contribution in [0, 0.1) is 0 Å². The van der Waals surface area contributed by atoms with Crippen molar-refractivity contribution in [2.24, 2.45) is 0 Å². The lowest BCUT2D eigenvalue weighted by atomic mass is 10.3. The maximum Gasteiger partial charge on any atom is 0.243 e. The van der Waals surface area contributed by atoms with E-state index >= 15 is 0 Å². The van der Waals surface area contributed by atoms with Crippen molar-refractivity contribution in [3.63, 3.8) is 0 Å². The molecular formula is C19H24N2O4S2. The minimum Gasteiger partial charge on any atom is -0.494 e. The zero-order valence-electron chi connectivity index (χ0n) is 15.6. The number of carbonyl (C=O) groups excluding carboxylic acids is 1. The highest BCUT2D eigenvalue weighted by atomic mass is 32.2. The van der Waals surface area contributed by atoms with E-state index in [-0.39, 0.29) is 23.9 Å². The van der Waals surface area contributed by atoms with E-state index in [0.717, 1.165) is 9.20 Å². The van der Waals surface area contributed by atoms with Crippen LogP contribution in [0.5, 0.6) is 5.75 Å². The predicted molar refractivity (Wildman–Crippen MR) is 109 cm³/mol. The van der Waals surface area contributed by atoms with Crippen molar-refractivity contribution in [3.8, 4) is 5.75 Å². The van der Waals surface area contributed by atoms with E-state index in [9.17, 15) is 13.2 Å². The van der Waals surface area contributed by atoms with E-state index in [2.05, 4.69) is 5.32 Å². The Kier molecular flexibility index (Phi) is 7.70. The number of anilines is 1. The number of nitrogens with zero attached hydrogens (tertiary/aromatic N) is 1. The molecule has 0 aliphatic heterocycles. The van der Waals surface area contributed by atoms with E-state index in [1.807, 2.05) is 31.4 Å². The Labute approximate surface area is 165 Å². The predicted octanol–water partition coefficient (Wildman–Crippen LogP) is 3.46. The van der Waals surface area contributed by atoms with Gasteiger partial charge in [-0.05, 0) is 55.6 Å². The third-order valence-electron chi connectivity index (χ3n) is 3.80. The largest absolute Gasteiger partial charge is 0.494 e. The van der Waals surface area contributed by atoms with Gasteiger partial charge in [0.1, 0.15) is 5.75 Å². The lowest BCUT2D eigenvalue weighted by molar-refractivity contribution is -0.116. The smallest absolute Gasteiger partial charge is 0.243 e. The molecule has 146 valence electrons. The number of benzene rings is 2. The number of sulfonamides is 1. The maximum atomic E-state index is 12.8. The molecule has 0 aliphatic rings. The van der Waals surface area contributed by atoms with E-state index < -0.39 is 10.0 Å². The van der Waals surface area contributed by atoms with Gasteiger partial charge in [-0.25, -0.2) is 8.42 Å². The third-order valence-corrected chi connectivity index (χ3v) is 6.46. The molecule has 2 aromatic carbocycles. The SMILES string of the molecule is CCOc1ccc(S(=O)(=O)N(CC)CC(=O)Nc2cccc(SC)c2)cc1. The molecular weight excluding hydrogens is 384 g/mol. The summed E-state index contributed by atoms with van der Waals surface area (Å²) in [4.78, 5) is 13.5. The minimum absolute atomic E-state index is 0.130. The van der Waals surface area contributed by atoms with Crippen LogP contribution in [0.3, 0.4) is 0 Å².